The number of piperidine rings is 1. The maximum Gasteiger partial charge on any atom is 0.278 e. The van der Waals surface area contributed by atoms with Crippen LogP contribution in [0.5, 0.6) is 5.75 Å². The summed E-state index contributed by atoms with van der Waals surface area (Å²) in [5.74, 6) is 0.786. The normalized spacial score (nSPS) is 14.9. The van der Waals surface area contributed by atoms with E-state index in [9.17, 15) is 4.79 Å². The van der Waals surface area contributed by atoms with Gasteiger partial charge in [-0.1, -0.05) is 6.07 Å². The SMILES string of the molecule is COc1cccc(NC(=O)c2ncn3c(C4CCN(Cc5ccncc5)CC4)ccnc23)c1. The van der Waals surface area contributed by atoms with Gasteiger partial charge in [0, 0.05) is 48.5 Å². The Morgan fingerprint density at radius 2 is 1.91 bits per heavy atom. The molecule has 1 saturated heterocycles. The maximum atomic E-state index is 12.9. The van der Waals surface area contributed by atoms with Gasteiger partial charge in [0.1, 0.15) is 12.1 Å². The number of hydrogen-bond acceptors (Lipinski definition) is 6. The molecule has 168 valence electrons. The molecule has 1 aromatic carbocycles. The lowest BCUT2D eigenvalue weighted by atomic mass is 9.93. The minimum atomic E-state index is -0.289. The van der Waals surface area contributed by atoms with Crippen molar-refractivity contribution >= 4 is 17.2 Å². The lowest BCUT2D eigenvalue weighted by Gasteiger charge is -2.32. The summed E-state index contributed by atoms with van der Waals surface area (Å²) in [5, 5.41) is 2.89. The summed E-state index contributed by atoms with van der Waals surface area (Å²) in [6.07, 6.45) is 9.27. The van der Waals surface area contributed by atoms with Crippen LogP contribution >= 0.6 is 0 Å². The van der Waals surface area contributed by atoms with Crippen LogP contribution in [0, 0.1) is 0 Å². The molecule has 0 unspecified atom stereocenters. The highest BCUT2D eigenvalue weighted by molar-refractivity contribution is 6.06. The van der Waals surface area contributed by atoms with Gasteiger partial charge in [0.25, 0.3) is 5.91 Å². The molecule has 0 saturated carbocycles. The zero-order valence-corrected chi connectivity index (χ0v) is 18.5. The Morgan fingerprint density at radius 1 is 1.09 bits per heavy atom. The Bertz CT molecular complexity index is 1250. The van der Waals surface area contributed by atoms with Crippen molar-refractivity contribution in [2.45, 2.75) is 25.3 Å². The lowest BCUT2D eigenvalue weighted by molar-refractivity contribution is 0.102. The van der Waals surface area contributed by atoms with Crippen molar-refractivity contribution in [3.05, 3.63) is 84.3 Å². The van der Waals surface area contributed by atoms with E-state index in [-0.39, 0.29) is 5.91 Å². The number of fused-ring (bicyclic) bond motifs is 1. The number of likely N-dealkylation sites (tertiary alicyclic amines) is 1. The number of carbonyl (C=O) groups excluding carboxylic acids is 1. The second-order valence-electron chi connectivity index (χ2n) is 8.25. The van der Waals surface area contributed by atoms with Gasteiger partial charge in [-0.15, -0.1) is 0 Å². The molecular formula is C25H26N6O2. The van der Waals surface area contributed by atoms with Crippen molar-refractivity contribution in [2.75, 3.05) is 25.5 Å². The van der Waals surface area contributed by atoms with E-state index in [0.29, 0.717) is 28.7 Å². The second-order valence-corrected chi connectivity index (χ2v) is 8.25. The van der Waals surface area contributed by atoms with Crippen LogP contribution < -0.4 is 10.1 Å². The molecule has 1 aliphatic heterocycles. The van der Waals surface area contributed by atoms with Crippen LogP contribution in [0.15, 0.2) is 67.4 Å². The first-order valence-corrected chi connectivity index (χ1v) is 11.1. The molecule has 0 aliphatic carbocycles. The van der Waals surface area contributed by atoms with E-state index in [1.807, 2.05) is 41.1 Å². The minimum Gasteiger partial charge on any atom is -0.497 e. The third-order valence-electron chi connectivity index (χ3n) is 6.17. The van der Waals surface area contributed by atoms with Gasteiger partial charge in [0.2, 0.25) is 0 Å². The number of amides is 1. The number of carbonyl (C=O) groups is 1. The molecule has 5 rings (SSSR count). The van der Waals surface area contributed by atoms with Gasteiger partial charge in [-0.25, -0.2) is 9.97 Å². The minimum absolute atomic E-state index is 0.289. The number of anilines is 1. The van der Waals surface area contributed by atoms with Gasteiger partial charge >= 0.3 is 0 Å². The van der Waals surface area contributed by atoms with Crippen LogP contribution in [-0.4, -0.2) is 50.4 Å². The molecule has 8 nitrogen and oxygen atoms in total. The van der Waals surface area contributed by atoms with Crippen molar-refractivity contribution in [1.29, 1.82) is 0 Å². The Labute approximate surface area is 192 Å². The van der Waals surface area contributed by atoms with E-state index in [1.54, 1.807) is 25.7 Å². The van der Waals surface area contributed by atoms with Crippen molar-refractivity contribution in [2.24, 2.45) is 0 Å². The fourth-order valence-corrected chi connectivity index (χ4v) is 4.44. The summed E-state index contributed by atoms with van der Waals surface area (Å²) in [4.78, 5) is 28.4. The molecule has 0 atom stereocenters. The lowest BCUT2D eigenvalue weighted by Crippen LogP contribution is -2.33. The van der Waals surface area contributed by atoms with Crippen LogP contribution in [0.25, 0.3) is 5.65 Å². The highest BCUT2D eigenvalue weighted by Crippen LogP contribution is 2.29. The number of methoxy groups -OCH3 is 1. The number of nitrogens with one attached hydrogen (secondary N) is 1. The number of nitrogens with zero attached hydrogens (tertiary/aromatic N) is 5. The fourth-order valence-electron chi connectivity index (χ4n) is 4.44. The molecule has 1 N–H and O–H groups in total. The van der Waals surface area contributed by atoms with E-state index in [2.05, 4.69) is 37.3 Å². The first-order chi connectivity index (χ1) is 16.2. The number of aromatic nitrogens is 4. The van der Waals surface area contributed by atoms with Gasteiger partial charge in [-0.05, 0) is 61.8 Å². The average molecular weight is 443 g/mol. The van der Waals surface area contributed by atoms with E-state index in [0.717, 1.165) is 38.2 Å². The third-order valence-corrected chi connectivity index (χ3v) is 6.17. The summed E-state index contributed by atoms with van der Waals surface area (Å²) < 4.78 is 7.19. The Kier molecular flexibility index (Phi) is 5.99. The summed E-state index contributed by atoms with van der Waals surface area (Å²) >= 11 is 0. The van der Waals surface area contributed by atoms with Crippen molar-refractivity contribution < 1.29 is 9.53 Å². The molecular weight excluding hydrogens is 416 g/mol. The first kappa shape index (κ1) is 21.1. The Morgan fingerprint density at radius 3 is 2.70 bits per heavy atom. The van der Waals surface area contributed by atoms with Gasteiger partial charge in [-0.2, -0.15) is 0 Å². The van der Waals surface area contributed by atoms with Gasteiger partial charge in [0.05, 0.1) is 7.11 Å². The van der Waals surface area contributed by atoms with Crippen molar-refractivity contribution in [1.82, 2.24) is 24.3 Å². The molecule has 0 spiro atoms. The van der Waals surface area contributed by atoms with Crippen LogP contribution in [0.4, 0.5) is 5.69 Å². The molecule has 4 aromatic rings. The standard InChI is InChI=1S/C25H26N6O2/c1-33-21-4-2-3-20(15-21)29-25(32)23-24-27-12-7-22(31(24)17-28-23)19-8-13-30(14-9-19)16-18-5-10-26-11-6-18/h2-7,10-12,15,17,19H,8-9,13-14,16H2,1H3,(H,29,32). The second kappa shape index (κ2) is 9.38. The number of imidazole rings is 1. The highest BCUT2D eigenvalue weighted by atomic mass is 16.5. The molecule has 8 heteroatoms. The van der Waals surface area contributed by atoms with Crippen LogP contribution in [-0.2, 0) is 6.54 Å². The van der Waals surface area contributed by atoms with E-state index in [1.165, 1.54) is 5.56 Å². The maximum absolute atomic E-state index is 12.9. The first-order valence-electron chi connectivity index (χ1n) is 11.1. The van der Waals surface area contributed by atoms with Crippen molar-refractivity contribution in [3.8, 4) is 5.75 Å². The number of ether oxygens (including phenoxy) is 1. The molecule has 1 aliphatic rings. The molecule has 1 amide bonds. The summed E-state index contributed by atoms with van der Waals surface area (Å²) in [6.45, 7) is 2.99. The molecule has 0 radical (unpaired) electrons. The molecule has 3 aromatic heterocycles. The van der Waals surface area contributed by atoms with Gasteiger partial charge < -0.3 is 10.1 Å². The number of hydrogen-bond donors (Lipinski definition) is 1. The topological polar surface area (TPSA) is 84.6 Å². The third kappa shape index (κ3) is 4.56. The van der Waals surface area contributed by atoms with Crippen LogP contribution in [0.1, 0.15) is 40.5 Å². The molecule has 33 heavy (non-hydrogen) atoms. The average Bonchev–Trinajstić information content (AvgIpc) is 3.30. The van der Waals surface area contributed by atoms with Gasteiger partial charge in [0.15, 0.2) is 11.3 Å². The highest BCUT2D eigenvalue weighted by Gasteiger charge is 2.24. The largest absolute Gasteiger partial charge is 0.497 e. The van der Waals surface area contributed by atoms with Crippen LogP contribution in [0.2, 0.25) is 0 Å². The van der Waals surface area contributed by atoms with Crippen molar-refractivity contribution in [3.63, 3.8) is 0 Å². The van der Waals surface area contributed by atoms with Gasteiger partial charge in [-0.3, -0.25) is 19.1 Å². The number of rotatable bonds is 6. The smallest absolute Gasteiger partial charge is 0.278 e. The predicted molar refractivity (Wildman–Crippen MR) is 125 cm³/mol. The fraction of sp³-hybridized carbons (Fsp3) is 0.280. The Hall–Kier alpha value is -3.78. The van der Waals surface area contributed by atoms with E-state index in [4.69, 9.17) is 4.74 Å². The quantitative estimate of drug-likeness (QED) is 0.489. The summed E-state index contributed by atoms with van der Waals surface area (Å²) in [7, 11) is 1.60. The van der Waals surface area contributed by atoms with E-state index >= 15 is 0 Å². The zero-order valence-electron chi connectivity index (χ0n) is 18.5. The number of benzene rings is 1. The molecule has 4 heterocycles. The summed E-state index contributed by atoms with van der Waals surface area (Å²) in [6, 6.07) is 13.4. The summed E-state index contributed by atoms with van der Waals surface area (Å²) in [5.41, 5.74) is 3.98. The predicted octanol–water partition coefficient (Wildman–Crippen LogP) is 3.76. The van der Waals surface area contributed by atoms with Crippen LogP contribution in [0.3, 0.4) is 0 Å². The van der Waals surface area contributed by atoms with E-state index < -0.39 is 0 Å². The monoisotopic (exact) mass is 442 g/mol. The zero-order chi connectivity index (χ0) is 22.6. The number of pyridine rings is 1. The molecule has 0 bridgehead atoms. The molecule has 1 fully saturated rings. The Balaban J connectivity index is 1.30.